The Balaban J connectivity index is 5.76. The molecule has 3 nitrogen and oxygen atoms in total. The van der Waals surface area contributed by atoms with Crippen molar-refractivity contribution in [1.82, 2.24) is 0 Å². The zero-order valence-electron chi connectivity index (χ0n) is 6.77. The van der Waals surface area contributed by atoms with Crippen molar-refractivity contribution in [2.75, 3.05) is 0 Å². The van der Waals surface area contributed by atoms with Crippen LogP contribution in [0.5, 0.6) is 0 Å². The van der Waals surface area contributed by atoms with Crippen LogP contribution in [0.25, 0.3) is 0 Å². The van der Waals surface area contributed by atoms with Gasteiger partial charge in [-0.3, -0.25) is 4.55 Å². The molecule has 0 aromatic rings. The van der Waals surface area contributed by atoms with Crippen LogP contribution in [-0.2, 0) is 10.1 Å². The molecule has 1 N–H and O–H groups in total. The lowest BCUT2D eigenvalue weighted by molar-refractivity contribution is -0.321. The van der Waals surface area contributed by atoms with Gasteiger partial charge in [0, 0.05) is 0 Å². The maximum absolute atomic E-state index is 12.3. The minimum absolute atomic E-state index is 5.48. The molecule has 0 unspecified atom stereocenters. The SMILES string of the molecule is O=S(=O)(O)C(F)(F)C(C(F)(F)F)C(F)(F)F. The molecule has 0 aliphatic rings. The molecular formula is C4H2F8O3S. The van der Waals surface area contributed by atoms with E-state index in [1.807, 2.05) is 0 Å². The predicted octanol–water partition coefficient (Wildman–Crippen LogP) is 2.21. The van der Waals surface area contributed by atoms with Crippen LogP contribution >= 0.6 is 0 Å². The first-order valence-corrected chi connectivity index (χ1v) is 4.54. The molecule has 98 valence electrons. The maximum Gasteiger partial charge on any atom is 0.407 e. The van der Waals surface area contributed by atoms with Crippen molar-refractivity contribution in [3.8, 4) is 0 Å². The normalized spacial score (nSPS) is 15.6. The lowest BCUT2D eigenvalue weighted by Crippen LogP contribution is -2.52. The van der Waals surface area contributed by atoms with Crippen molar-refractivity contribution in [2.24, 2.45) is 5.92 Å². The number of hydrogen-bond donors (Lipinski definition) is 1. The Bertz CT molecular complexity index is 336. The third-order valence-electron chi connectivity index (χ3n) is 1.33. The van der Waals surface area contributed by atoms with Crippen LogP contribution in [-0.4, -0.2) is 30.6 Å². The second-order valence-corrected chi connectivity index (χ2v) is 4.05. The van der Waals surface area contributed by atoms with E-state index >= 15 is 0 Å². The van der Waals surface area contributed by atoms with E-state index in [2.05, 4.69) is 0 Å². The van der Waals surface area contributed by atoms with Crippen LogP contribution in [0, 0.1) is 5.92 Å². The highest BCUT2D eigenvalue weighted by Crippen LogP contribution is 2.49. The molecule has 0 aromatic carbocycles. The van der Waals surface area contributed by atoms with Gasteiger partial charge in [0.25, 0.3) is 0 Å². The Labute approximate surface area is 82.8 Å². The average molecular weight is 282 g/mol. The fourth-order valence-electron chi connectivity index (χ4n) is 0.716. The summed E-state index contributed by atoms with van der Waals surface area (Å²) >= 11 is 0. The van der Waals surface area contributed by atoms with Crippen LogP contribution in [0.3, 0.4) is 0 Å². The van der Waals surface area contributed by atoms with Gasteiger partial charge in [0.15, 0.2) is 0 Å². The van der Waals surface area contributed by atoms with Crippen LogP contribution < -0.4 is 0 Å². The number of hydrogen-bond acceptors (Lipinski definition) is 2. The summed E-state index contributed by atoms with van der Waals surface area (Å²) in [6.07, 6.45) is -13.1. The van der Waals surface area contributed by atoms with Gasteiger partial charge in [-0.15, -0.1) is 0 Å². The van der Waals surface area contributed by atoms with Crippen molar-refractivity contribution in [2.45, 2.75) is 17.6 Å². The topological polar surface area (TPSA) is 54.4 Å². The first kappa shape index (κ1) is 15.3. The van der Waals surface area contributed by atoms with Crippen LogP contribution in [0.1, 0.15) is 0 Å². The van der Waals surface area contributed by atoms with E-state index in [4.69, 9.17) is 4.55 Å². The summed E-state index contributed by atoms with van der Waals surface area (Å²) < 4.78 is 122. The first-order chi connectivity index (χ1) is 6.62. The monoisotopic (exact) mass is 282 g/mol. The van der Waals surface area contributed by atoms with E-state index < -0.39 is 33.6 Å². The van der Waals surface area contributed by atoms with Crippen molar-refractivity contribution in [3.63, 3.8) is 0 Å². The smallest absolute Gasteiger partial charge is 0.281 e. The van der Waals surface area contributed by atoms with Crippen LogP contribution in [0.2, 0.25) is 0 Å². The van der Waals surface area contributed by atoms with Gasteiger partial charge < -0.3 is 0 Å². The Kier molecular flexibility index (Phi) is 3.53. The summed E-state index contributed by atoms with van der Waals surface area (Å²) in [5, 5.41) is -6.40. The van der Waals surface area contributed by atoms with E-state index in [9.17, 15) is 43.5 Å². The van der Waals surface area contributed by atoms with Gasteiger partial charge in [0.1, 0.15) is 0 Å². The van der Waals surface area contributed by atoms with E-state index in [0.717, 1.165) is 0 Å². The average Bonchev–Trinajstić information content (AvgIpc) is 1.72. The molecule has 0 aliphatic carbocycles. The second-order valence-electron chi connectivity index (χ2n) is 2.55. The minimum Gasteiger partial charge on any atom is -0.281 e. The Morgan fingerprint density at radius 2 is 1.06 bits per heavy atom. The van der Waals surface area contributed by atoms with Gasteiger partial charge in [0.05, 0.1) is 0 Å². The molecule has 0 atom stereocenters. The summed E-state index contributed by atoms with van der Waals surface area (Å²) in [6, 6.07) is 0. The van der Waals surface area contributed by atoms with Gasteiger partial charge in [-0.1, -0.05) is 0 Å². The first-order valence-electron chi connectivity index (χ1n) is 3.10. The van der Waals surface area contributed by atoms with Crippen molar-refractivity contribution in [3.05, 3.63) is 0 Å². The fourth-order valence-corrected chi connectivity index (χ4v) is 1.28. The highest BCUT2D eigenvalue weighted by molar-refractivity contribution is 7.86. The molecule has 0 heterocycles. The Morgan fingerprint density at radius 1 is 0.812 bits per heavy atom. The van der Waals surface area contributed by atoms with E-state index in [-0.39, 0.29) is 0 Å². The summed E-state index contributed by atoms with van der Waals surface area (Å²) in [6.45, 7) is 0. The zero-order chi connectivity index (χ0) is 13.6. The maximum atomic E-state index is 12.3. The minimum atomic E-state index is -6.84. The molecule has 0 amide bonds. The van der Waals surface area contributed by atoms with Crippen molar-refractivity contribution < 1.29 is 48.1 Å². The quantitative estimate of drug-likeness (QED) is 0.624. The molecule has 0 aromatic heterocycles. The molecule has 0 fully saturated rings. The molecule has 0 bridgehead atoms. The molecule has 0 radical (unpaired) electrons. The molecule has 0 spiro atoms. The highest BCUT2D eigenvalue weighted by Gasteiger charge is 2.73. The van der Waals surface area contributed by atoms with Gasteiger partial charge >= 0.3 is 27.7 Å². The molecule has 0 aliphatic heterocycles. The molecule has 0 saturated heterocycles. The van der Waals surface area contributed by atoms with Gasteiger partial charge in [-0.05, 0) is 0 Å². The third-order valence-corrected chi connectivity index (χ3v) is 2.26. The summed E-state index contributed by atoms with van der Waals surface area (Å²) in [7, 11) is -6.84. The summed E-state index contributed by atoms with van der Waals surface area (Å²) in [5.41, 5.74) is 0. The van der Waals surface area contributed by atoms with Crippen LogP contribution in [0.15, 0.2) is 0 Å². The number of rotatable bonds is 2. The fraction of sp³-hybridized carbons (Fsp3) is 1.00. The largest absolute Gasteiger partial charge is 0.407 e. The standard InChI is InChI=1S/C4H2F8O3S/c5-2(6,7)1(3(8,9)10)4(11,12)16(13,14)15/h1H,(H,13,14,15). The summed E-state index contributed by atoms with van der Waals surface area (Å²) in [5.74, 6) is -5.48. The lowest BCUT2D eigenvalue weighted by atomic mass is 10.1. The second kappa shape index (κ2) is 3.68. The summed E-state index contributed by atoms with van der Waals surface area (Å²) in [4.78, 5) is 0. The van der Waals surface area contributed by atoms with Gasteiger partial charge in [-0.2, -0.15) is 43.5 Å². The molecule has 0 rings (SSSR count). The predicted molar refractivity (Wildman–Crippen MR) is 32.1 cm³/mol. The van der Waals surface area contributed by atoms with Crippen molar-refractivity contribution in [1.29, 1.82) is 0 Å². The molecule has 12 heteroatoms. The van der Waals surface area contributed by atoms with Gasteiger partial charge in [-0.25, -0.2) is 0 Å². The van der Waals surface area contributed by atoms with E-state index in [1.54, 1.807) is 0 Å². The lowest BCUT2D eigenvalue weighted by Gasteiger charge is -2.27. The Hall–Kier alpha value is -0.650. The van der Waals surface area contributed by atoms with E-state index in [0.29, 0.717) is 0 Å². The zero-order valence-corrected chi connectivity index (χ0v) is 7.59. The number of alkyl halides is 8. The molecule has 16 heavy (non-hydrogen) atoms. The number of halogens is 8. The highest BCUT2D eigenvalue weighted by atomic mass is 32.2. The van der Waals surface area contributed by atoms with Crippen LogP contribution in [0.4, 0.5) is 35.1 Å². The Morgan fingerprint density at radius 3 is 1.12 bits per heavy atom. The van der Waals surface area contributed by atoms with Crippen molar-refractivity contribution >= 4 is 10.1 Å². The molecule has 0 saturated carbocycles. The van der Waals surface area contributed by atoms with Gasteiger partial charge in [0.2, 0.25) is 5.92 Å². The molecular weight excluding hydrogens is 280 g/mol. The third kappa shape index (κ3) is 2.93. The van der Waals surface area contributed by atoms with E-state index in [1.165, 1.54) is 0 Å².